The molecule has 1 aliphatic heterocycles. The van der Waals surface area contributed by atoms with Gasteiger partial charge in [-0.25, -0.2) is 8.42 Å². The summed E-state index contributed by atoms with van der Waals surface area (Å²) in [4.78, 5) is 0.0571. The highest BCUT2D eigenvalue weighted by Crippen LogP contribution is 2.38. The predicted octanol–water partition coefficient (Wildman–Crippen LogP) is 3.00. The minimum atomic E-state index is -3.78. The molecule has 4 nitrogen and oxygen atoms in total. The van der Waals surface area contributed by atoms with Crippen LogP contribution in [0.2, 0.25) is 10.0 Å². The number of halogens is 2. The number of hydrogen-bond acceptors (Lipinski definition) is 3. The van der Waals surface area contributed by atoms with E-state index in [-0.39, 0.29) is 22.4 Å². The second kappa shape index (κ2) is 6.05. The zero-order valence-electron chi connectivity index (χ0n) is 12.2. The Balaban J connectivity index is 2.61. The fraction of sp³-hybridized carbons (Fsp3) is 0.571. The summed E-state index contributed by atoms with van der Waals surface area (Å²) in [6, 6.07) is 1.25. The number of aryl methyl sites for hydroxylation is 1. The molecule has 0 saturated carbocycles. The number of sulfonamides is 1. The van der Waals surface area contributed by atoms with Crippen molar-refractivity contribution in [3.63, 3.8) is 0 Å². The van der Waals surface area contributed by atoms with Crippen LogP contribution < -0.4 is 0 Å². The van der Waals surface area contributed by atoms with E-state index >= 15 is 0 Å². The van der Waals surface area contributed by atoms with Gasteiger partial charge >= 0.3 is 0 Å². The van der Waals surface area contributed by atoms with Gasteiger partial charge in [-0.05, 0) is 43.4 Å². The van der Waals surface area contributed by atoms with Crippen molar-refractivity contribution in [3.05, 3.63) is 27.2 Å². The Morgan fingerprint density at radius 1 is 1.38 bits per heavy atom. The molecule has 7 heteroatoms. The van der Waals surface area contributed by atoms with Crippen LogP contribution in [0.3, 0.4) is 0 Å². The number of nitrogens with zero attached hydrogens (tertiary/aromatic N) is 1. The van der Waals surface area contributed by atoms with E-state index in [1.807, 2.05) is 6.92 Å². The summed E-state index contributed by atoms with van der Waals surface area (Å²) < 4.78 is 27.3. The van der Waals surface area contributed by atoms with E-state index in [9.17, 15) is 13.5 Å². The van der Waals surface area contributed by atoms with E-state index < -0.39 is 16.1 Å². The SMILES string of the molecule is Cc1cc(Cl)c(C)c(S(=O)(=O)N2CCC(C)C2CO)c1Cl. The molecule has 1 heterocycles. The molecule has 1 aliphatic rings. The maximum absolute atomic E-state index is 13.0. The average Bonchev–Trinajstić information content (AvgIpc) is 2.78. The number of rotatable bonds is 3. The molecule has 0 bridgehead atoms. The first-order valence-corrected chi connectivity index (χ1v) is 8.99. The van der Waals surface area contributed by atoms with Gasteiger partial charge in [0.2, 0.25) is 10.0 Å². The summed E-state index contributed by atoms with van der Waals surface area (Å²) in [6.45, 7) is 5.50. The third-order valence-corrected chi connectivity index (χ3v) is 7.26. The molecule has 21 heavy (non-hydrogen) atoms. The quantitative estimate of drug-likeness (QED) is 0.910. The van der Waals surface area contributed by atoms with Gasteiger partial charge in [-0.3, -0.25) is 0 Å². The highest BCUT2D eigenvalue weighted by Gasteiger charge is 2.41. The van der Waals surface area contributed by atoms with Crippen molar-refractivity contribution < 1.29 is 13.5 Å². The van der Waals surface area contributed by atoms with Gasteiger partial charge in [-0.15, -0.1) is 0 Å². The van der Waals surface area contributed by atoms with Crippen LogP contribution in [-0.2, 0) is 10.0 Å². The molecule has 2 unspecified atom stereocenters. The van der Waals surface area contributed by atoms with E-state index in [1.165, 1.54) is 4.31 Å². The van der Waals surface area contributed by atoms with Crippen LogP contribution in [0.15, 0.2) is 11.0 Å². The van der Waals surface area contributed by atoms with Crippen molar-refractivity contribution in [2.45, 2.75) is 38.1 Å². The minimum absolute atomic E-state index is 0.0571. The van der Waals surface area contributed by atoms with E-state index in [0.29, 0.717) is 22.7 Å². The Morgan fingerprint density at radius 3 is 2.57 bits per heavy atom. The molecule has 0 radical (unpaired) electrons. The molecule has 0 amide bonds. The van der Waals surface area contributed by atoms with E-state index in [2.05, 4.69) is 0 Å². The van der Waals surface area contributed by atoms with Gasteiger partial charge in [-0.2, -0.15) is 4.31 Å². The van der Waals surface area contributed by atoms with Crippen molar-refractivity contribution in [1.82, 2.24) is 4.31 Å². The fourth-order valence-corrected chi connectivity index (χ4v) is 5.68. The third-order valence-electron chi connectivity index (χ3n) is 4.17. The lowest BCUT2D eigenvalue weighted by Crippen LogP contribution is -2.40. The number of hydrogen-bond donors (Lipinski definition) is 1. The van der Waals surface area contributed by atoms with Crippen molar-refractivity contribution in [1.29, 1.82) is 0 Å². The van der Waals surface area contributed by atoms with Gasteiger partial charge in [0, 0.05) is 11.6 Å². The summed E-state index contributed by atoms with van der Waals surface area (Å²) in [7, 11) is -3.78. The molecule has 1 aromatic rings. The average molecular weight is 352 g/mol. The number of benzene rings is 1. The smallest absolute Gasteiger partial charge is 0.245 e. The van der Waals surface area contributed by atoms with Crippen LogP contribution in [0.25, 0.3) is 0 Å². The molecule has 1 saturated heterocycles. The van der Waals surface area contributed by atoms with Crippen LogP contribution in [0.1, 0.15) is 24.5 Å². The summed E-state index contributed by atoms with van der Waals surface area (Å²) in [5, 5.41) is 10.1. The van der Waals surface area contributed by atoms with E-state index in [1.54, 1.807) is 19.9 Å². The van der Waals surface area contributed by atoms with Crippen LogP contribution in [0.5, 0.6) is 0 Å². The summed E-state index contributed by atoms with van der Waals surface area (Å²) in [5.74, 6) is 0.115. The molecule has 0 spiro atoms. The maximum atomic E-state index is 13.0. The van der Waals surface area contributed by atoms with E-state index in [0.717, 1.165) is 6.42 Å². The van der Waals surface area contributed by atoms with Gasteiger partial charge in [0.25, 0.3) is 0 Å². The van der Waals surface area contributed by atoms with Gasteiger partial charge < -0.3 is 5.11 Å². The largest absolute Gasteiger partial charge is 0.395 e. The van der Waals surface area contributed by atoms with Crippen LogP contribution in [0.4, 0.5) is 0 Å². The Labute approximate surface area is 135 Å². The summed E-state index contributed by atoms with van der Waals surface area (Å²) in [6.07, 6.45) is 0.723. The Kier molecular flexibility index (Phi) is 4.90. The first-order valence-electron chi connectivity index (χ1n) is 6.79. The molecule has 118 valence electrons. The highest BCUT2D eigenvalue weighted by molar-refractivity contribution is 7.89. The molecule has 1 aromatic carbocycles. The zero-order chi connectivity index (χ0) is 15.9. The molecule has 1 fully saturated rings. The number of aliphatic hydroxyl groups excluding tert-OH is 1. The van der Waals surface area contributed by atoms with Crippen LogP contribution in [0, 0.1) is 19.8 Å². The summed E-state index contributed by atoms with van der Waals surface area (Å²) >= 11 is 12.3. The normalized spacial score (nSPS) is 23.7. The second-order valence-electron chi connectivity index (χ2n) is 5.58. The van der Waals surface area contributed by atoms with Gasteiger partial charge in [-0.1, -0.05) is 30.1 Å². The lowest BCUT2D eigenvalue weighted by molar-refractivity contribution is 0.191. The Bertz CT molecular complexity index is 634. The highest BCUT2D eigenvalue weighted by atomic mass is 35.5. The van der Waals surface area contributed by atoms with Crippen molar-refractivity contribution in [2.75, 3.05) is 13.2 Å². The Hall–Kier alpha value is -0.330. The molecule has 1 N–H and O–H groups in total. The fourth-order valence-electron chi connectivity index (χ4n) is 2.78. The van der Waals surface area contributed by atoms with Crippen molar-refractivity contribution >= 4 is 33.2 Å². The number of aliphatic hydroxyl groups is 1. The minimum Gasteiger partial charge on any atom is -0.395 e. The third kappa shape index (κ3) is 2.82. The first kappa shape index (κ1) is 17.0. The molecular weight excluding hydrogens is 333 g/mol. The van der Waals surface area contributed by atoms with Gasteiger partial charge in [0.05, 0.1) is 17.7 Å². The monoisotopic (exact) mass is 351 g/mol. The van der Waals surface area contributed by atoms with Crippen LogP contribution in [-0.4, -0.2) is 37.0 Å². The molecule has 2 rings (SSSR count). The lowest BCUT2D eigenvalue weighted by Gasteiger charge is -2.26. The van der Waals surface area contributed by atoms with Gasteiger partial charge in [0.1, 0.15) is 4.90 Å². The zero-order valence-corrected chi connectivity index (χ0v) is 14.6. The topological polar surface area (TPSA) is 57.6 Å². The van der Waals surface area contributed by atoms with E-state index in [4.69, 9.17) is 23.2 Å². The second-order valence-corrected chi connectivity index (χ2v) is 8.19. The van der Waals surface area contributed by atoms with Crippen molar-refractivity contribution in [3.8, 4) is 0 Å². The Morgan fingerprint density at radius 2 is 2.00 bits per heavy atom. The van der Waals surface area contributed by atoms with Gasteiger partial charge in [0.15, 0.2) is 0 Å². The molecule has 0 aliphatic carbocycles. The molecular formula is C14H19Cl2NO3S. The predicted molar refractivity (Wildman–Crippen MR) is 84.5 cm³/mol. The first-order chi connectivity index (χ1) is 9.71. The lowest BCUT2D eigenvalue weighted by atomic mass is 10.0. The standard InChI is InChI=1S/C14H19Cl2NO3S/c1-8-4-5-17(12(8)7-18)21(19,20)14-10(3)11(15)6-9(2)13(14)16/h6,8,12,18H,4-5,7H2,1-3H3. The molecule has 0 aromatic heterocycles. The van der Waals surface area contributed by atoms with Crippen LogP contribution >= 0.6 is 23.2 Å². The molecule has 2 atom stereocenters. The maximum Gasteiger partial charge on any atom is 0.245 e. The summed E-state index contributed by atoms with van der Waals surface area (Å²) in [5.41, 5.74) is 1.07. The van der Waals surface area contributed by atoms with Crippen molar-refractivity contribution in [2.24, 2.45) is 5.92 Å².